The number of Topliss-reactive ketones (excluding diaryl/α,β-unsaturated/α-hetero) is 1. The van der Waals surface area contributed by atoms with E-state index in [2.05, 4.69) is 11.0 Å². The maximum absolute atomic E-state index is 11.5. The van der Waals surface area contributed by atoms with E-state index in [-0.39, 0.29) is 6.04 Å². The fraction of sp³-hybridized carbons (Fsp3) is 0.769. The van der Waals surface area contributed by atoms with Gasteiger partial charge in [0.25, 0.3) is 0 Å². The molecule has 1 aliphatic heterocycles. The Morgan fingerprint density at radius 2 is 2.33 bits per heavy atom. The molecule has 1 fully saturated rings. The fourth-order valence-electron chi connectivity index (χ4n) is 2.78. The average molecular weight is 207 g/mol. The van der Waals surface area contributed by atoms with Crippen LogP contribution in [0.3, 0.4) is 0 Å². The maximum Gasteiger partial charge on any atom is 0.146 e. The van der Waals surface area contributed by atoms with Crippen molar-refractivity contribution in [1.82, 2.24) is 4.90 Å². The zero-order chi connectivity index (χ0) is 10.7. The van der Waals surface area contributed by atoms with Crippen molar-refractivity contribution in [3.8, 4) is 0 Å². The predicted molar refractivity (Wildman–Crippen MR) is 61.8 cm³/mol. The lowest BCUT2D eigenvalue weighted by Crippen LogP contribution is -2.44. The molecule has 1 unspecified atom stereocenters. The first-order chi connectivity index (χ1) is 7.27. The minimum atomic E-state index is 0.209. The normalized spacial score (nSPS) is 27.8. The first kappa shape index (κ1) is 10.9. The molecule has 2 nitrogen and oxygen atoms in total. The van der Waals surface area contributed by atoms with E-state index in [1.165, 1.54) is 32.1 Å². The molecule has 15 heavy (non-hydrogen) atoms. The summed E-state index contributed by atoms with van der Waals surface area (Å²) in [6.45, 7) is 3.90. The van der Waals surface area contributed by atoms with Crippen molar-refractivity contribution >= 4 is 5.78 Å². The highest BCUT2D eigenvalue weighted by molar-refractivity contribution is 5.81. The fourth-order valence-corrected chi connectivity index (χ4v) is 2.78. The van der Waals surface area contributed by atoms with Crippen LogP contribution in [-0.2, 0) is 4.79 Å². The van der Waals surface area contributed by atoms with Crippen molar-refractivity contribution in [3.63, 3.8) is 0 Å². The van der Waals surface area contributed by atoms with E-state index < -0.39 is 0 Å². The molecule has 1 saturated heterocycles. The molecule has 0 radical (unpaired) electrons. The van der Waals surface area contributed by atoms with Crippen LogP contribution >= 0.6 is 0 Å². The number of nitrogens with zero attached hydrogens (tertiary/aromatic N) is 1. The molecule has 84 valence electrons. The Morgan fingerprint density at radius 1 is 1.47 bits per heavy atom. The summed E-state index contributed by atoms with van der Waals surface area (Å²) >= 11 is 0. The van der Waals surface area contributed by atoms with E-state index in [1.54, 1.807) is 12.5 Å². The molecule has 0 amide bonds. The van der Waals surface area contributed by atoms with Gasteiger partial charge in [-0.25, -0.2) is 0 Å². The van der Waals surface area contributed by atoms with Crippen molar-refractivity contribution < 1.29 is 4.79 Å². The Hall–Kier alpha value is -0.630. The second-order valence-electron chi connectivity index (χ2n) is 4.85. The van der Waals surface area contributed by atoms with E-state index >= 15 is 0 Å². The van der Waals surface area contributed by atoms with Crippen molar-refractivity contribution in [2.24, 2.45) is 0 Å². The Balaban J connectivity index is 1.95. The zero-order valence-electron chi connectivity index (χ0n) is 9.67. The Kier molecular flexibility index (Phi) is 3.57. The molecule has 0 saturated carbocycles. The number of rotatable bonds is 3. The van der Waals surface area contributed by atoms with E-state index in [0.717, 1.165) is 19.5 Å². The number of carbonyl (C=O) groups excluding carboxylic acids is 1. The van der Waals surface area contributed by atoms with E-state index in [1.807, 2.05) is 0 Å². The molecule has 0 spiro atoms. The summed E-state index contributed by atoms with van der Waals surface area (Å²) in [7, 11) is 0. The summed E-state index contributed by atoms with van der Waals surface area (Å²) in [5.41, 5.74) is 1.56. The molecule has 2 rings (SSSR count). The van der Waals surface area contributed by atoms with Gasteiger partial charge in [-0.05, 0) is 45.6 Å². The van der Waals surface area contributed by atoms with Crippen LogP contribution in [0.5, 0.6) is 0 Å². The van der Waals surface area contributed by atoms with Gasteiger partial charge in [0.2, 0.25) is 0 Å². The monoisotopic (exact) mass is 207 g/mol. The van der Waals surface area contributed by atoms with Crippen molar-refractivity contribution in [3.05, 3.63) is 11.6 Å². The maximum atomic E-state index is 11.5. The van der Waals surface area contributed by atoms with Gasteiger partial charge in [0.1, 0.15) is 5.78 Å². The summed E-state index contributed by atoms with van der Waals surface area (Å²) in [5.74, 6) is 0.355. The topological polar surface area (TPSA) is 20.3 Å². The summed E-state index contributed by atoms with van der Waals surface area (Å²) in [6, 6.07) is 0.209. The first-order valence-electron chi connectivity index (χ1n) is 6.20. The van der Waals surface area contributed by atoms with Gasteiger partial charge in [0.05, 0.1) is 6.04 Å². The lowest BCUT2D eigenvalue weighted by atomic mass is 9.98. The quantitative estimate of drug-likeness (QED) is 0.663. The third-order valence-corrected chi connectivity index (χ3v) is 3.62. The van der Waals surface area contributed by atoms with Crippen LogP contribution in [-0.4, -0.2) is 29.8 Å². The first-order valence-corrected chi connectivity index (χ1v) is 6.20. The molecule has 0 aromatic heterocycles. The van der Waals surface area contributed by atoms with Crippen LogP contribution in [0, 0.1) is 0 Å². The predicted octanol–water partition coefficient (Wildman–Crippen LogP) is 2.54. The number of likely N-dealkylation sites (tertiary alicyclic amines) is 1. The molecular formula is C13H21NO. The van der Waals surface area contributed by atoms with Gasteiger partial charge in [-0.1, -0.05) is 18.1 Å². The second-order valence-corrected chi connectivity index (χ2v) is 4.85. The van der Waals surface area contributed by atoms with E-state index in [0.29, 0.717) is 5.78 Å². The van der Waals surface area contributed by atoms with Crippen molar-refractivity contribution in [2.75, 3.05) is 13.1 Å². The summed E-state index contributed by atoms with van der Waals surface area (Å²) in [6.07, 6.45) is 9.73. The van der Waals surface area contributed by atoms with Crippen molar-refractivity contribution in [1.29, 1.82) is 0 Å². The lowest BCUT2D eigenvalue weighted by Gasteiger charge is -2.34. The minimum Gasteiger partial charge on any atom is -0.298 e. The molecule has 1 heterocycles. The summed E-state index contributed by atoms with van der Waals surface area (Å²) in [5, 5.41) is 0. The standard InChI is InChI=1S/C13H21NO/c1-11(15)13-8-4-5-9-14(13)10-12-6-2-3-7-12/h6,13H,2-5,7-10H2,1H3. The average Bonchev–Trinajstić information content (AvgIpc) is 2.71. The number of hydrogen-bond donors (Lipinski definition) is 0. The third kappa shape index (κ3) is 2.69. The molecule has 0 N–H and O–H groups in total. The minimum absolute atomic E-state index is 0.209. The number of allylic oxidation sites excluding steroid dienone is 1. The molecule has 0 aromatic carbocycles. The molecule has 0 aromatic rings. The van der Waals surface area contributed by atoms with Crippen LogP contribution in [0.4, 0.5) is 0 Å². The zero-order valence-corrected chi connectivity index (χ0v) is 9.67. The van der Waals surface area contributed by atoms with Crippen LogP contribution in [0.2, 0.25) is 0 Å². The number of carbonyl (C=O) groups is 1. The van der Waals surface area contributed by atoms with Crippen LogP contribution in [0.25, 0.3) is 0 Å². The molecule has 1 atom stereocenters. The van der Waals surface area contributed by atoms with Gasteiger partial charge >= 0.3 is 0 Å². The highest BCUT2D eigenvalue weighted by atomic mass is 16.1. The molecule has 1 aliphatic carbocycles. The van der Waals surface area contributed by atoms with Crippen molar-refractivity contribution in [2.45, 2.75) is 51.5 Å². The largest absolute Gasteiger partial charge is 0.298 e. The van der Waals surface area contributed by atoms with Crippen LogP contribution in [0.15, 0.2) is 11.6 Å². The Morgan fingerprint density at radius 3 is 3.00 bits per heavy atom. The van der Waals surface area contributed by atoms with Gasteiger partial charge in [0.15, 0.2) is 0 Å². The summed E-state index contributed by atoms with van der Waals surface area (Å²) in [4.78, 5) is 13.9. The third-order valence-electron chi connectivity index (χ3n) is 3.62. The smallest absolute Gasteiger partial charge is 0.146 e. The molecule has 2 heteroatoms. The summed E-state index contributed by atoms with van der Waals surface area (Å²) < 4.78 is 0. The van der Waals surface area contributed by atoms with Gasteiger partial charge in [-0.2, -0.15) is 0 Å². The molecular weight excluding hydrogens is 186 g/mol. The number of piperidine rings is 1. The van der Waals surface area contributed by atoms with Crippen LogP contribution < -0.4 is 0 Å². The highest BCUT2D eigenvalue weighted by Crippen LogP contribution is 2.23. The number of hydrogen-bond acceptors (Lipinski definition) is 2. The highest BCUT2D eigenvalue weighted by Gasteiger charge is 2.26. The van der Waals surface area contributed by atoms with Gasteiger partial charge in [-0.15, -0.1) is 0 Å². The van der Waals surface area contributed by atoms with E-state index in [4.69, 9.17) is 0 Å². The second kappa shape index (κ2) is 4.93. The van der Waals surface area contributed by atoms with Gasteiger partial charge < -0.3 is 0 Å². The molecule has 2 aliphatic rings. The Bertz CT molecular complexity index is 270. The molecule has 0 bridgehead atoms. The van der Waals surface area contributed by atoms with E-state index in [9.17, 15) is 4.79 Å². The number of ketones is 1. The van der Waals surface area contributed by atoms with Crippen LogP contribution in [0.1, 0.15) is 45.4 Å². The SMILES string of the molecule is CC(=O)C1CCCCN1CC1=CCCC1. The Labute approximate surface area is 92.3 Å². The van der Waals surface area contributed by atoms with Gasteiger partial charge in [-0.3, -0.25) is 9.69 Å². The lowest BCUT2D eigenvalue weighted by molar-refractivity contribution is -0.123. The van der Waals surface area contributed by atoms with Gasteiger partial charge in [0, 0.05) is 6.54 Å².